The second kappa shape index (κ2) is 9.46. The minimum Gasteiger partial charge on any atom is -0.497 e. The topological polar surface area (TPSA) is 41.9 Å². The molecule has 1 fully saturated rings. The van der Waals surface area contributed by atoms with Gasteiger partial charge in [0.15, 0.2) is 5.17 Å². The number of fused-ring (bicyclic) bond motifs is 1. The van der Waals surface area contributed by atoms with Crippen LogP contribution in [0.2, 0.25) is 5.02 Å². The van der Waals surface area contributed by atoms with Crippen molar-refractivity contribution < 1.29 is 9.53 Å². The molecular formula is C27H23ClN2O2S. The summed E-state index contributed by atoms with van der Waals surface area (Å²) in [7, 11) is 1.64. The number of carbonyl (C=O) groups is 1. The van der Waals surface area contributed by atoms with Gasteiger partial charge in [0.05, 0.1) is 23.7 Å². The van der Waals surface area contributed by atoms with Crippen LogP contribution < -0.4 is 4.74 Å². The highest BCUT2D eigenvalue weighted by atomic mass is 35.5. The lowest BCUT2D eigenvalue weighted by Gasteiger charge is -2.32. The minimum atomic E-state index is -0.0249. The molecule has 2 aliphatic rings. The largest absolute Gasteiger partial charge is 0.497 e. The standard InChI is InChI=1S/C27H23ClN2O2S/c1-32-22-15-13-21(14-16-22)29-27-30(24-8-4-6-19-5-2-3-7-23(19)24)26(31)25(33-27)17-18-9-11-20(28)12-10-18/h2-3,5,7,9-17,24H,4,6,8H2,1H3/b25-17-,29-27?/t24-/m1/s1. The molecule has 6 heteroatoms. The van der Waals surface area contributed by atoms with Crippen molar-refractivity contribution in [1.29, 1.82) is 0 Å². The summed E-state index contributed by atoms with van der Waals surface area (Å²) in [5, 5.41) is 1.37. The fraction of sp³-hybridized carbons (Fsp3) is 0.185. The monoisotopic (exact) mass is 474 g/mol. The van der Waals surface area contributed by atoms with Gasteiger partial charge in [-0.25, -0.2) is 4.99 Å². The number of nitrogens with zero attached hydrogens (tertiary/aromatic N) is 2. The highest BCUT2D eigenvalue weighted by Gasteiger charge is 2.40. The Labute approximate surface area is 202 Å². The summed E-state index contributed by atoms with van der Waals surface area (Å²) in [4.78, 5) is 21.1. The first-order valence-electron chi connectivity index (χ1n) is 10.9. The molecule has 0 saturated carbocycles. The van der Waals surface area contributed by atoms with Crippen molar-refractivity contribution in [3.05, 3.63) is 99.4 Å². The molecule has 1 heterocycles. The van der Waals surface area contributed by atoms with E-state index in [0.29, 0.717) is 15.1 Å². The second-order valence-corrected chi connectivity index (χ2v) is 9.48. The predicted octanol–water partition coefficient (Wildman–Crippen LogP) is 7.03. The van der Waals surface area contributed by atoms with Gasteiger partial charge < -0.3 is 4.74 Å². The van der Waals surface area contributed by atoms with E-state index in [0.717, 1.165) is 36.3 Å². The van der Waals surface area contributed by atoms with Gasteiger partial charge in [-0.1, -0.05) is 48.0 Å². The Kier molecular flexibility index (Phi) is 6.25. The first-order chi connectivity index (χ1) is 16.1. The van der Waals surface area contributed by atoms with Gasteiger partial charge in [-0.05, 0) is 90.2 Å². The Morgan fingerprint density at radius 3 is 2.58 bits per heavy atom. The van der Waals surface area contributed by atoms with Crippen molar-refractivity contribution in [3.8, 4) is 5.75 Å². The molecule has 0 radical (unpaired) electrons. The van der Waals surface area contributed by atoms with E-state index in [2.05, 4.69) is 24.3 Å². The number of hydrogen-bond donors (Lipinski definition) is 0. The Hall–Kier alpha value is -3.02. The molecule has 0 spiro atoms. The van der Waals surface area contributed by atoms with Crippen molar-refractivity contribution in [2.45, 2.75) is 25.3 Å². The molecule has 33 heavy (non-hydrogen) atoms. The first kappa shape index (κ1) is 21.8. The SMILES string of the molecule is COc1ccc(N=C2S/C(=C\c3ccc(Cl)cc3)C(=O)N2[C@@H]2CCCc3ccccc32)cc1. The molecule has 1 saturated heterocycles. The fourth-order valence-corrected chi connectivity index (χ4v) is 5.48. The molecule has 5 rings (SSSR count). The smallest absolute Gasteiger partial charge is 0.267 e. The van der Waals surface area contributed by atoms with Crippen molar-refractivity contribution in [2.75, 3.05) is 7.11 Å². The van der Waals surface area contributed by atoms with E-state index < -0.39 is 0 Å². The maximum Gasteiger partial charge on any atom is 0.267 e. The van der Waals surface area contributed by atoms with Crippen molar-refractivity contribution in [2.24, 2.45) is 4.99 Å². The van der Waals surface area contributed by atoms with Crippen LogP contribution in [0.25, 0.3) is 6.08 Å². The Morgan fingerprint density at radius 1 is 1.06 bits per heavy atom. The molecule has 4 nitrogen and oxygen atoms in total. The average molecular weight is 475 g/mol. The summed E-state index contributed by atoms with van der Waals surface area (Å²) in [5.74, 6) is 0.763. The molecule has 1 amide bonds. The van der Waals surface area contributed by atoms with Crippen LogP contribution in [0.4, 0.5) is 5.69 Å². The van der Waals surface area contributed by atoms with E-state index in [4.69, 9.17) is 21.3 Å². The molecule has 1 aliphatic carbocycles. The molecule has 0 aromatic heterocycles. The molecule has 1 atom stereocenters. The molecule has 0 bridgehead atoms. The summed E-state index contributed by atoms with van der Waals surface area (Å²) in [6.07, 6.45) is 4.92. The Balaban J connectivity index is 1.56. The number of amidine groups is 1. The summed E-state index contributed by atoms with van der Waals surface area (Å²) in [6.45, 7) is 0. The average Bonchev–Trinajstić information content (AvgIpc) is 3.14. The van der Waals surface area contributed by atoms with Crippen LogP contribution in [0.3, 0.4) is 0 Å². The van der Waals surface area contributed by atoms with Crippen LogP contribution in [-0.4, -0.2) is 23.1 Å². The van der Waals surface area contributed by atoms with Crippen molar-refractivity contribution in [3.63, 3.8) is 0 Å². The number of halogens is 1. The van der Waals surface area contributed by atoms with Crippen LogP contribution in [0.5, 0.6) is 5.75 Å². The molecular weight excluding hydrogens is 452 g/mol. The van der Waals surface area contributed by atoms with Crippen molar-refractivity contribution in [1.82, 2.24) is 4.90 Å². The van der Waals surface area contributed by atoms with Crippen LogP contribution in [0.15, 0.2) is 82.7 Å². The number of carbonyl (C=O) groups excluding carboxylic acids is 1. The number of benzene rings is 3. The Bertz CT molecular complexity index is 1240. The van der Waals surface area contributed by atoms with Gasteiger partial charge >= 0.3 is 0 Å². The molecule has 1 aliphatic heterocycles. The number of hydrogen-bond acceptors (Lipinski definition) is 4. The lowest BCUT2D eigenvalue weighted by atomic mass is 9.87. The maximum absolute atomic E-state index is 13.7. The van der Waals surface area contributed by atoms with Crippen molar-refractivity contribution >= 4 is 46.2 Å². The number of rotatable bonds is 4. The summed E-state index contributed by atoms with van der Waals surface area (Å²) in [5.41, 5.74) is 4.25. The fourth-order valence-electron chi connectivity index (χ4n) is 4.31. The number of thioether (sulfide) groups is 1. The van der Waals surface area contributed by atoms with E-state index in [1.807, 2.05) is 59.5 Å². The molecule has 0 unspecified atom stereocenters. The van der Waals surface area contributed by atoms with E-state index in [1.54, 1.807) is 7.11 Å². The molecule has 3 aromatic carbocycles. The molecule has 0 N–H and O–H groups in total. The lowest BCUT2D eigenvalue weighted by Crippen LogP contribution is -2.35. The summed E-state index contributed by atoms with van der Waals surface area (Å²) in [6, 6.07) is 23.5. The zero-order chi connectivity index (χ0) is 22.8. The zero-order valence-electron chi connectivity index (χ0n) is 18.2. The molecule has 3 aromatic rings. The predicted molar refractivity (Wildman–Crippen MR) is 136 cm³/mol. The van der Waals surface area contributed by atoms with Crippen LogP contribution in [0, 0.1) is 0 Å². The third kappa shape index (κ3) is 4.56. The van der Waals surface area contributed by atoms with Crippen LogP contribution in [0.1, 0.15) is 35.6 Å². The quantitative estimate of drug-likeness (QED) is 0.381. The lowest BCUT2D eigenvalue weighted by molar-refractivity contribution is -0.124. The highest BCUT2D eigenvalue weighted by molar-refractivity contribution is 8.18. The summed E-state index contributed by atoms with van der Waals surface area (Å²) < 4.78 is 5.27. The van der Waals surface area contributed by atoms with Gasteiger partial charge in [0, 0.05) is 5.02 Å². The third-order valence-electron chi connectivity index (χ3n) is 5.95. The van der Waals surface area contributed by atoms with E-state index in [-0.39, 0.29) is 11.9 Å². The number of aliphatic imine (C=N–C) groups is 1. The Morgan fingerprint density at radius 2 is 1.82 bits per heavy atom. The number of ether oxygens (including phenoxy) is 1. The summed E-state index contributed by atoms with van der Waals surface area (Å²) >= 11 is 7.46. The minimum absolute atomic E-state index is 0.0103. The van der Waals surface area contributed by atoms with Gasteiger partial charge in [-0.3, -0.25) is 9.69 Å². The van der Waals surface area contributed by atoms with Gasteiger partial charge in [0.2, 0.25) is 0 Å². The highest BCUT2D eigenvalue weighted by Crippen LogP contribution is 2.43. The van der Waals surface area contributed by atoms with Gasteiger partial charge in [0.1, 0.15) is 5.75 Å². The number of amides is 1. The van der Waals surface area contributed by atoms with E-state index in [1.165, 1.54) is 22.9 Å². The number of methoxy groups -OCH3 is 1. The van der Waals surface area contributed by atoms with Crippen LogP contribution in [-0.2, 0) is 11.2 Å². The maximum atomic E-state index is 13.7. The van der Waals surface area contributed by atoms with Gasteiger partial charge in [0.25, 0.3) is 5.91 Å². The molecule has 166 valence electrons. The normalized spacial score (nSPS) is 20.4. The van der Waals surface area contributed by atoms with Crippen LogP contribution >= 0.6 is 23.4 Å². The first-order valence-corrected chi connectivity index (χ1v) is 12.1. The third-order valence-corrected chi connectivity index (χ3v) is 7.19. The van der Waals surface area contributed by atoms with Gasteiger partial charge in [-0.2, -0.15) is 0 Å². The van der Waals surface area contributed by atoms with E-state index >= 15 is 0 Å². The van der Waals surface area contributed by atoms with Gasteiger partial charge in [-0.15, -0.1) is 0 Å². The second-order valence-electron chi connectivity index (χ2n) is 8.04. The zero-order valence-corrected chi connectivity index (χ0v) is 19.8. The number of aryl methyl sites for hydroxylation is 1. The van der Waals surface area contributed by atoms with E-state index in [9.17, 15) is 4.79 Å².